The summed E-state index contributed by atoms with van der Waals surface area (Å²) in [5.41, 5.74) is 1.41. The molecule has 6 nitrogen and oxygen atoms in total. The van der Waals surface area contributed by atoms with Gasteiger partial charge in [0.2, 0.25) is 0 Å². The van der Waals surface area contributed by atoms with Gasteiger partial charge in [0.25, 0.3) is 5.91 Å². The Labute approximate surface area is 117 Å². The SMILES string of the molecule is CC(C)n1ncc2cc(C(=O)NCC3CNC3)cnc21. The van der Waals surface area contributed by atoms with E-state index >= 15 is 0 Å². The van der Waals surface area contributed by atoms with Crippen LogP contribution in [0.4, 0.5) is 0 Å². The second kappa shape index (κ2) is 5.20. The first-order chi connectivity index (χ1) is 9.65. The minimum Gasteiger partial charge on any atom is -0.352 e. The Morgan fingerprint density at radius 1 is 1.50 bits per heavy atom. The van der Waals surface area contributed by atoms with Gasteiger partial charge in [-0.15, -0.1) is 0 Å². The van der Waals surface area contributed by atoms with E-state index in [0.717, 1.165) is 30.7 Å². The van der Waals surface area contributed by atoms with Crippen LogP contribution in [0.1, 0.15) is 30.2 Å². The number of pyridine rings is 1. The first-order valence-electron chi connectivity index (χ1n) is 6.97. The summed E-state index contributed by atoms with van der Waals surface area (Å²) in [6.45, 7) is 6.80. The lowest BCUT2D eigenvalue weighted by Crippen LogP contribution is -2.48. The van der Waals surface area contributed by atoms with E-state index in [1.807, 2.05) is 10.7 Å². The number of aromatic nitrogens is 3. The van der Waals surface area contributed by atoms with Gasteiger partial charge in [-0.1, -0.05) is 0 Å². The van der Waals surface area contributed by atoms with Crippen LogP contribution in [0.5, 0.6) is 0 Å². The molecule has 0 radical (unpaired) electrons. The average molecular weight is 273 g/mol. The van der Waals surface area contributed by atoms with E-state index in [1.54, 1.807) is 12.4 Å². The Bertz CT molecular complexity index is 630. The summed E-state index contributed by atoms with van der Waals surface area (Å²) in [5.74, 6) is 0.489. The van der Waals surface area contributed by atoms with Gasteiger partial charge in [-0.25, -0.2) is 9.67 Å². The van der Waals surface area contributed by atoms with Crippen molar-refractivity contribution in [2.45, 2.75) is 19.9 Å². The number of nitrogens with one attached hydrogen (secondary N) is 2. The van der Waals surface area contributed by atoms with Gasteiger partial charge < -0.3 is 10.6 Å². The third-order valence-corrected chi connectivity index (χ3v) is 3.60. The lowest BCUT2D eigenvalue weighted by atomic mass is 10.0. The molecule has 1 saturated heterocycles. The van der Waals surface area contributed by atoms with Crippen molar-refractivity contribution in [3.8, 4) is 0 Å². The maximum Gasteiger partial charge on any atom is 0.252 e. The van der Waals surface area contributed by atoms with Gasteiger partial charge in [0.1, 0.15) is 0 Å². The van der Waals surface area contributed by atoms with Gasteiger partial charge in [0, 0.05) is 43.2 Å². The monoisotopic (exact) mass is 273 g/mol. The standard InChI is InChI=1S/C14H19N5O/c1-9(2)19-13-11(8-18-19)3-12(7-16-13)14(20)17-6-10-4-15-5-10/h3,7-10,15H,4-6H2,1-2H3,(H,17,20). The Morgan fingerprint density at radius 3 is 2.95 bits per heavy atom. The summed E-state index contributed by atoms with van der Waals surface area (Å²) in [6, 6.07) is 2.11. The van der Waals surface area contributed by atoms with Crippen molar-refractivity contribution >= 4 is 16.9 Å². The molecular formula is C14H19N5O. The molecule has 2 aromatic heterocycles. The van der Waals surface area contributed by atoms with E-state index < -0.39 is 0 Å². The van der Waals surface area contributed by atoms with Crippen LogP contribution in [-0.2, 0) is 0 Å². The molecule has 1 aliphatic heterocycles. The molecule has 20 heavy (non-hydrogen) atoms. The van der Waals surface area contributed by atoms with Crippen molar-refractivity contribution in [2.75, 3.05) is 19.6 Å². The second-order valence-corrected chi connectivity index (χ2v) is 5.55. The molecule has 1 fully saturated rings. The molecule has 2 aromatic rings. The van der Waals surface area contributed by atoms with Crippen molar-refractivity contribution in [3.63, 3.8) is 0 Å². The van der Waals surface area contributed by atoms with Crippen LogP contribution in [-0.4, -0.2) is 40.3 Å². The minimum atomic E-state index is -0.0661. The predicted octanol–water partition coefficient (Wildman–Crippen LogP) is 0.961. The molecule has 0 bridgehead atoms. The first-order valence-corrected chi connectivity index (χ1v) is 6.97. The zero-order valence-corrected chi connectivity index (χ0v) is 11.8. The van der Waals surface area contributed by atoms with Gasteiger partial charge in [-0.2, -0.15) is 5.10 Å². The van der Waals surface area contributed by atoms with Crippen molar-refractivity contribution in [3.05, 3.63) is 24.0 Å². The normalized spacial score (nSPS) is 15.6. The van der Waals surface area contributed by atoms with Gasteiger partial charge in [0.05, 0.1) is 11.8 Å². The molecular weight excluding hydrogens is 254 g/mol. The van der Waals surface area contributed by atoms with Gasteiger partial charge in [-0.3, -0.25) is 4.79 Å². The topological polar surface area (TPSA) is 71.8 Å². The smallest absolute Gasteiger partial charge is 0.252 e. The highest BCUT2D eigenvalue weighted by Gasteiger charge is 2.18. The number of nitrogens with zero attached hydrogens (tertiary/aromatic N) is 3. The fraction of sp³-hybridized carbons (Fsp3) is 0.500. The van der Waals surface area contributed by atoms with Crippen LogP contribution >= 0.6 is 0 Å². The lowest BCUT2D eigenvalue weighted by Gasteiger charge is -2.27. The van der Waals surface area contributed by atoms with Crippen LogP contribution in [0.2, 0.25) is 0 Å². The molecule has 0 spiro atoms. The van der Waals surface area contributed by atoms with Gasteiger partial charge in [0.15, 0.2) is 5.65 Å². The van der Waals surface area contributed by atoms with Crippen molar-refractivity contribution in [2.24, 2.45) is 5.92 Å². The molecule has 0 unspecified atom stereocenters. The highest BCUT2D eigenvalue weighted by molar-refractivity contribution is 5.96. The zero-order chi connectivity index (χ0) is 14.1. The van der Waals surface area contributed by atoms with E-state index in [1.165, 1.54) is 0 Å². The summed E-state index contributed by atoms with van der Waals surface area (Å²) < 4.78 is 1.86. The first kappa shape index (κ1) is 13.1. The maximum absolute atomic E-state index is 12.1. The molecule has 0 atom stereocenters. The Balaban J connectivity index is 1.76. The molecule has 3 heterocycles. The third-order valence-electron chi connectivity index (χ3n) is 3.60. The van der Waals surface area contributed by atoms with Crippen molar-refractivity contribution < 1.29 is 4.79 Å². The van der Waals surface area contributed by atoms with E-state index in [2.05, 4.69) is 34.6 Å². The maximum atomic E-state index is 12.1. The van der Waals surface area contributed by atoms with Crippen molar-refractivity contribution in [1.29, 1.82) is 0 Å². The molecule has 2 N–H and O–H groups in total. The summed E-state index contributed by atoms with van der Waals surface area (Å²) in [4.78, 5) is 16.4. The molecule has 3 rings (SSSR count). The van der Waals surface area contributed by atoms with Crippen LogP contribution in [0.3, 0.4) is 0 Å². The largest absolute Gasteiger partial charge is 0.352 e. The quantitative estimate of drug-likeness (QED) is 0.870. The summed E-state index contributed by atoms with van der Waals surface area (Å²) >= 11 is 0. The molecule has 6 heteroatoms. The number of carbonyl (C=O) groups is 1. The van der Waals surface area contributed by atoms with Crippen LogP contribution in [0.15, 0.2) is 18.5 Å². The van der Waals surface area contributed by atoms with Crippen LogP contribution < -0.4 is 10.6 Å². The summed E-state index contributed by atoms with van der Waals surface area (Å²) in [5, 5.41) is 11.3. The number of rotatable bonds is 4. The fourth-order valence-corrected chi connectivity index (χ4v) is 2.27. The van der Waals surface area contributed by atoms with E-state index in [0.29, 0.717) is 11.5 Å². The van der Waals surface area contributed by atoms with Crippen molar-refractivity contribution in [1.82, 2.24) is 25.4 Å². The van der Waals surface area contributed by atoms with Gasteiger partial charge in [-0.05, 0) is 19.9 Å². The molecule has 106 valence electrons. The number of hydrogen-bond acceptors (Lipinski definition) is 4. The molecule has 1 amide bonds. The molecule has 0 saturated carbocycles. The second-order valence-electron chi connectivity index (χ2n) is 5.55. The summed E-state index contributed by atoms with van der Waals surface area (Å²) in [6.07, 6.45) is 3.38. The zero-order valence-electron chi connectivity index (χ0n) is 11.8. The Morgan fingerprint density at radius 2 is 2.30 bits per heavy atom. The van der Waals surface area contributed by atoms with Crippen LogP contribution in [0.25, 0.3) is 11.0 Å². The Hall–Kier alpha value is -1.95. The number of carbonyl (C=O) groups excluding carboxylic acids is 1. The minimum absolute atomic E-state index is 0.0661. The third kappa shape index (κ3) is 2.38. The molecule has 0 aliphatic carbocycles. The van der Waals surface area contributed by atoms with Gasteiger partial charge >= 0.3 is 0 Å². The highest BCUT2D eigenvalue weighted by atomic mass is 16.1. The highest BCUT2D eigenvalue weighted by Crippen LogP contribution is 2.16. The Kier molecular flexibility index (Phi) is 3.40. The molecule has 1 aliphatic rings. The fourth-order valence-electron chi connectivity index (χ4n) is 2.27. The molecule has 0 aromatic carbocycles. The predicted molar refractivity (Wildman–Crippen MR) is 76.6 cm³/mol. The number of fused-ring (bicyclic) bond motifs is 1. The lowest BCUT2D eigenvalue weighted by molar-refractivity contribution is 0.0942. The van der Waals surface area contributed by atoms with E-state index in [9.17, 15) is 4.79 Å². The summed E-state index contributed by atoms with van der Waals surface area (Å²) in [7, 11) is 0. The van der Waals surface area contributed by atoms with E-state index in [4.69, 9.17) is 0 Å². The van der Waals surface area contributed by atoms with Crippen LogP contribution in [0, 0.1) is 5.92 Å². The van der Waals surface area contributed by atoms with E-state index in [-0.39, 0.29) is 11.9 Å². The number of amides is 1. The average Bonchev–Trinajstić information content (AvgIpc) is 2.79. The number of hydrogen-bond donors (Lipinski definition) is 2.